The first-order chi connectivity index (χ1) is 6.40. The first-order valence-electron chi connectivity index (χ1n) is 3.75. The molecule has 0 saturated carbocycles. The molecule has 0 unspecified atom stereocenters. The number of alkyl halides is 3. The van der Waals surface area contributed by atoms with E-state index in [1.54, 1.807) is 19.1 Å². The van der Waals surface area contributed by atoms with Crippen LogP contribution in [0, 0.1) is 18.8 Å². The summed E-state index contributed by atoms with van der Waals surface area (Å²) in [7, 11) is 0. The van der Waals surface area contributed by atoms with Gasteiger partial charge in [-0.2, -0.15) is 13.2 Å². The number of benzene rings is 1. The predicted molar refractivity (Wildman–Crippen MR) is 49.1 cm³/mol. The Balaban J connectivity index is 3.08. The Hall–Kier alpha value is -1.14. The van der Waals surface area contributed by atoms with Gasteiger partial charge in [-0.15, -0.1) is 0 Å². The minimum absolute atomic E-state index is 0.301. The quantitative estimate of drug-likeness (QED) is 0.584. The van der Waals surface area contributed by atoms with Crippen molar-refractivity contribution in [2.45, 2.75) is 13.1 Å². The maximum atomic E-state index is 11.8. The lowest BCUT2D eigenvalue weighted by atomic mass is 10.1. The van der Waals surface area contributed by atoms with E-state index >= 15 is 0 Å². The molecule has 0 atom stereocenters. The molecule has 0 aliphatic heterocycles. The average Bonchev–Trinajstić information content (AvgIpc) is 2.06. The molecule has 1 aromatic rings. The summed E-state index contributed by atoms with van der Waals surface area (Å²) in [5, 5.41) is 0.416. The molecule has 0 spiro atoms. The normalized spacial score (nSPS) is 10.6. The zero-order valence-electron chi connectivity index (χ0n) is 7.24. The number of hydrogen-bond acceptors (Lipinski definition) is 0. The number of halogens is 4. The van der Waals surface area contributed by atoms with Crippen LogP contribution < -0.4 is 0 Å². The Labute approximate surface area is 84.7 Å². The predicted octanol–water partition coefficient (Wildman–Crippen LogP) is 3.56. The second kappa shape index (κ2) is 3.93. The lowest BCUT2D eigenvalue weighted by Gasteiger charge is -1.99. The maximum Gasteiger partial charge on any atom is 0.458 e. The lowest BCUT2D eigenvalue weighted by Crippen LogP contribution is -2.01. The van der Waals surface area contributed by atoms with Crippen molar-refractivity contribution >= 4 is 11.6 Å². The molecule has 0 fully saturated rings. The lowest BCUT2D eigenvalue weighted by molar-refractivity contribution is -0.0696. The van der Waals surface area contributed by atoms with E-state index in [4.69, 9.17) is 11.6 Å². The van der Waals surface area contributed by atoms with Gasteiger partial charge in [-0.25, -0.2) is 0 Å². The molecule has 14 heavy (non-hydrogen) atoms. The fourth-order valence-electron chi connectivity index (χ4n) is 0.881. The van der Waals surface area contributed by atoms with Crippen LogP contribution in [0.15, 0.2) is 18.2 Å². The van der Waals surface area contributed by atoms with Gasteiger partial charge in [0.2, 0.25) is 0 Å². The zero-order chi connectivity index (χ0) is 10.8. The van der Waals surface area contributed by atoms with Crippen LogP contribution in [0.25, 0.3) is 0 Å². The van der Waals surface area contributed by atoms with Crippen molar-refractivity contribution in [1.82, 2.24) is 0 Å². The minimum atomic E-state index is -4.46. The molecule has 1 rings (SSSR count). The topological polar surface area (TPSA) is 0 Å². The molecule has 4 heteroatoms. The van der Waals surface area contributed by atoms with Crippen LogP contribution in [-0.4, -0.2) is 6.18 Å². The van der Waals surface area contributed by atoms with Gasteiger partial charge in [0.15, 0.2) is 0 Å². The zero-order valence-corrected chi connectivity index (χ0v) is 8.00. The van der Waals surface area contributed by atoms with E-state index in [0.29, 0.717) is 16.1 Å². The molecule has 0 bridgehead atoms. The molecule has 0 radical (unpaired) electrons. The van der Waals surface area contributed by atoms with E-state index in [1.807, 2.05) is 5.92 Å². The molecule has 0 saturated heterocycles. The van der Waals surface area contributed by atoms with Gasteiger partial charge in [-0.1, -0.05) is 23.6 Å². The minimum Gasteiger partial charge on any atom is -0.159 e. The first-order valence-corrected chi connectivity index (χ1v) is 4.13. The van der Waals surface area contributed by atoms with Crippen LogP contribution >= 0.6 is 11.6 Å². The molecule has 0 aliphatic rings. The average molecular weight is 219 g/mol. The van der Waals surface area contributed by atoms with Gasteiger partial charge in [0.25, 0.3) is 0 Å². The Morgan fingerprint density at radius 3 is 2.50 bits per heavy atom. The third-order valence-corrected chi connectivity index (χ3v) is 2.02. The van der Waals surface area contributed by atoms with Crippen LogP contribution in [0.3, 0.4) is 0 Å². The van der Waals surface area contributed by atoms with Gasteiger partial charge in [0.05, 0.1) is 0 Å². The van der Waals surface area contributed by atoms with Crippen LogP contribution in [-0.2, 0) is 0 Å². The Morgan fingerprint density at radius 2 is 1.93 bits per heavy atom. The summed E-state index contributed by atoms with van der Waals surface area (Å²) in [6, 6.07) is 4.67. The standard InChI is InChI=1S/C10H6ClF3/c1-7-8(3-2-4-9(7)11)5-6-10(12,13)14/h2-4H,1H3. The van der Waals surface area contributed by atoms with Crippen molar-refractivity contribution in [2.75, 3.05) is 0 Å². The van der Waals surface area contributed by atoms with Gasteiger partial charge >= 0.3 is 6.18 Å². The van der Waals surface area contributed by atoms with E-state index in [2.05, 4.69) is 0 Å². The van der Waals surface area contributed by atoms with E-state index in [-0.39, 0.29) is 0 Å². The van der Waals surface area contributed by atoms with Crippen molar-refractivity contribution in [2.24, 2.45) is 0 Å². The summed E-state index contributed by atoms with van der Waals surface area (Å²) < 4.78 is 35.3. The molecule has 0 nitrogen and oxygen atoms in total. The van der Waals surface area contributed by atoms with E-state index in [9.17, 15) is 13.2 Å². The highest BCUT2D eigenvalue weighted by Crippen LogP contribution is 2.19. The van der Waals surface area contributed by atoms with Crippen molar-refractivity contribution in [3.63, 3.8) is 0 Å². The second-order valence-corrected chi connectivity index (χ2v) is 3.07. The van der Waals surface area contributed by atoms with E-state index in [1.165, 1.54) is 12.0 Å². The van der Waals surface area contributed by atoms with Crippen molar-refractivity contribution in [1.29, 1.82) is 0 Å². The molecule has 0 aromatic heterocycles. The van der Waals surface area contributed by atoms with Crippen LogP contribution in [0.5, 0.6) is 0 Å². The Bertz CT molecular complexity index is 396. The Morgan fingerprint density at radius 1 is 1.29 bits per heavy atom. The van der Waals surface area contributed by atoms with Crippen LogP contribution in [0.4, 0.5) is 13.2 Å². The van der Waals surface area contributed by atoms with Crippen molar-refractivity contribution < 1.29 is 13.2 Å². The van der Waals surface area contributed by atoms with Crippen molar-refractivity contribution in [3.05, 3.63) is 34.3 Å². The van der Waals surface area contributed by atoms with E-state index in [0.717, 1.165) is 0 Å². The largest absolute Gasteiger partial charge is 0.458 e. The molecule has 0 heterocycles. The van der Waals surface area contributed by atoms with Gasteiger partial charge in [-0.3, -0.25) is 0 Å². The van der Waals surface area contributed by atoms with Crippen LogP contribution in [0.1, 0.15) is 11.1 Å². The molecule has 0 amide bonds. The maximum absolute atomic E-state index is 11.8. The Kier molecular flexibility index (Phi) is 3.07. The molecule has 1 aromatic carbocycles. The van der Waals surface area contributed by atoms with Gasteiger partial charge in [-0.05, 0) is 24.6 Å². The monoisotopic (exact) mass is 218 g/mol. The van der Waals surface area contributed by atoms with E-state index < -0.39 is 6.18 Å². The summed E-state index contributed by atoms with van der Waals surface area (Å²) >= 11 is 5.71. The number of hydrogen-bond donors (Lipinski definition) is 0. The first kappa shape index (κ1) is 10.9. The number of rotatable bonds is 0. The van der Waals surface area contributed by atoms with Crippen LogP contribution in [0.2, 0.25) is 5.02 Å². The smallest absolute Gasteiger partial charge is 0.159 e. The molecular formula is C10H6ClF3. The van der Waals surface area contributed by atoms with Gasteiger partial charge < -0.3 is 0 Å². The molecule has 74 valence electrons. The molecule has 0 N–H and O–H groups in total. The summed E-state index contributed by atoms with van der Waals surface area (Å²) in [5.74, 6) is 3.23. The highest BCUT2D eigenvalue weighted by atomic mass is 35.5. The summed E-state index contributed by atoms with van der Waals surface area (Å²) in [4.78, 5) is 0. The molecular weight excluding hydrogens is 213 g/mol. The summed E-state index contributed by atoms with van der Waals surface area (Å²) in [6.45, 7) is 1.63. The second-order valence-electron chi connectivity index (χ2n) is 2.66. The highest BCUT2D eigenvalue weighted by Gasteiger charge is 2.22. The van der Waals surface area contributed by atoms with Gasteiger partial charge in [0.1, 0.15) is 0 Å². The fraction of sp³-hybridized carbons (Fsp3) is 0.200. The molecule has 0 aliphatic carbocycles. The SMILES string of the molecule is Cc1c(Cl)cccc1C#CC(F)(F)F. The van der Waals surface area contributed by atoms with Gasteiger partial charge in [0, 0.05) is 16.5 Å². The third kappa shape index (κ3) is 2.97. The fourth-order valence-corrected chi connectivity index (χ4v) is 1.06. The summed E-state index contributed by atoms with van der Waals surface area (Å²) in [6.07, 6.45) is -4.46. The summed E-state index contributed by atoms with van der Waals surface area (Å²) in [5.41, 5.74) is 0.862. The highest BCUT2D eigenvalue weighted by molar-refractivity contribution is 6.31. The van der Waals surface area contributed by atoms with Crippen molar-refractivity contribution in [3.8, 4) is 11.8 Å². The third-order valence-electron chi connectivity index (χ3n) is 1.61.